The molecule has 1 heterocycles. The molecule has 1 aromatic heterocycles. The zero-order valence-corrected chi connectivity index (χ0v) is 14.0. The molecule has 0 radical (unpaired) electrons. The number of amides is 1. The Morgan fingerprint density at radius 2 is 1.93 bits per heavy atom. The van der Waals surface area contributed by atoms with Crippen LogP contribution in [0, 0.1) is 5.82 Å². The predicted molar refractivity (Wildman–Crippen MR) is 87.6 cm³/mol. The number of allylic oxidation sites excluding steroid dienone is 2. The molecule has 1 aliphatic rings. The number of hydrogen-bond acceptors (Lipinski definition) is 2. The van der Waals surface area contributed by atoms with E-state index in [4.69, 9.17) is 0 Å². The van der Waals surface area contributed by atoms with Crippen molar-refractivity contribution in [3.63, 3.8) is 0 Å². The molecule has 3 rings (SSSR count). The summed E-state index contributed by atoms with van der Waals surface area (Å²) in [6.07, 6.45) is 0.0879. The zero-order valence-electron chi connectivity index (χ0n) is 14.0. The van der Waals surface area contributed by atoms with Crippen LogP contribution in [0.4, 0.5) is 22.0 Å². The minimum atomic E-state index is -4.86. The van der Waals surface area contributed by atoms with Crippen molar-refractivity contribution >= 4 is 11.5 Å². The van der Waals surface area contributed by atoms with Crippen LogP contribution in [-0.2, 0) is 13.2 Å². The van der Waals surface area contributed by atoms with Crippen molar-refractivity contribution in [2.45, 2.75) is 18.4 Å². The van der Waals surface area contributed by atoms with E-state index in [0.29, 0.717) is 5.56 Å². The van der Waals surface area contributed by atoms with Crippen molar-refractivity contribution in [2.75, 3.05) is 0 Å². The van der Waals surface area contributed by atoms with E-state index in [2.05, 4.69) is 5.10 Å². The molecule has 0 fully saturated rings. The first kappa shape index (κ1) is 18.8. The Bertz CT molecular complexity index is 927. The Kier molecular flexibility index (Phi) is 4.63. The minimum Gasteiger partial charge on any atom is -0.316 e. The van der Waals surface area contributed by atoms with Crippen molar-refractivity contribution in [3.05, 3.63) is 71.3 Å². The lowest BCUT2D eigenvalue weighted by molar-refractivity contribution is -0.141. The molecule has 0 saturated heterocycles. The maximum Gasteiger partial charge on any atom is 0.435 e. The highest BCUT2D eigenvalue weighted by molar-refractivity contribution is 5.97. The summed E-state index contributed by atoms with van der Waals surface area (Å²) in [6, 6.07) is 4.90. The first-order valence-corrected chi connectivity index (χ1v) is 7.86. The molecular weight excluding hydrogens is 369 g/mol. The Labute approximate surface area is 151 Å². The zero-order chi connectivity index (χ0) is 19.8. The molecule has 0 spiro atoms. The van der Waals surface area contributed by atoms with Crippen LogP contribution in [0.3, 0.4) is 0 Å². The van der Waals surface area contributed by atoms with E-state index in [1.807, 2.05) is 5.32 Å². The second kappa shape index (κ2) is 6.64. The molecule has 9 heteroatoms. The number of alkyl halides is 4. The minimum absolute atomic E-state index is 0.01000. The van der Waals surface area contributed by atoms with Crippen LogP contribution in [0.5, 0.6) is 0 Å². The molecule has 1 atom stereocenters. The fourth-order valence-electron chi connectivity index (χ4n) is 2.82. The second-order valence-electron chi connectivity index (χ2n) is 6.04. The molecule has 4 nitrogen and oxygen atoms in total. The number of carbonyl (C=O) groups is 1. The molecule has 0 bridgehead atoms. The Balaban J connectivity index is 1.94. The maximum absolute atomic E-state index is 15.5. The van der Waals surface area contributed by atoms with E-state index in [1.54, 1.807) is 6.08 Å². The third-order valence-corrected chi connectivity index (χ3v) is 4.03. The predicted octanol–water partition coefficient (Wildman–Crippen LogP) is 4.02. The van der Waals surface area contributed by atoms with Gasteiger partial charge < -0.3 is 5.32 Å². The number of nitrogens with one attached hydrogen (secondary N) is 1. The topological polar surface area (TPSA) is 46.9 Å². The first-order valence-electron chi connectivity index (χ1n) is 7.86. The smallest absolute Gasteiger partial charge is 0.316 e. The molecular formula is C18H14F5N3O. The number of aromatic nitrogens is 2. The number of carbonyl (C=O) groups excluding carboxylic acids is 1. The van der Waals surface area contributed by atoms with Gasteiger partial charge in [-0.3, -0.25) is 9.48 Å². The summed E-state index contributed by atoms with van der Waals surface area (Å²) in [5.41, 5.74) is -1.87. The van der Waals surface area contributed by atoms with Gasteiger partial charge in [0.25, 0.3) is 5.91 Å². The molecule has 1 N–H and O–H groups in total. The maximum atomic E-state index is 15.5. The van der Waals surface area contributed by atoms with Crippen LogP contribution in [-0.4, -0.2) is 21.5 Å². The third kappa shape index (κ3) is 3.76. The number of halogens is 5. The van der Waals surface area contributed by atoms with E-state index >= 15 is 4.39 Å². The van der Waals surface area contributed by atoms with E-state index in [0.717, 1.165) is 23.0 Å². The van der Waals surface area contributed by atoms with Crippen LogP contribution >= 0.6 is 0 Å². The number of hydrogen-bond donors (Lipinski definition) is 1. The van der Waals surface area contributed by atoms with Gasteiger partial charge in [-0.2, -0.15) is 18.3 Å². The van der Waals surface area contributed by atoms with Crippen LogP contribution in [0.2, 0.25) is 0 Å². The number of benzene rings is 1. The summed E-state index contributed by atoms with van der Waals surface area (Å²) in [5.74, 6) is -4.23. The van der Waals surface area contributed by atoms with Crippen molar-refractivity contribution < 1.29 is 26.7 Å². The molecule has 1 aromatic carbocycles. The standard InChI is InChI=1S/C18H14F5N3O/c1-26-10-13(15(25-26)18(21,22)23)16(27)24-17(20)9-3-2-4-14(17)11-5-7-12(19)8-6-11/h2-8,10H,9H2,1H3,(H,24,27). The molecule has 27 heavy (non-hydrogen) atoms. The molecule has 0 aliphatic heterocycles. The largest absolute Gasteiger partial charge is 0.435 e. The lowest BCUT2D eigenvalue weighted by Crippen LogP contribution is -2.46. The van der Waals surface area contributed by atoms with Crippen LogP contribution in [0.15, 0.2) is 48.7 Å². The summed E-state index contributed by atoms with van der Waals surface area (Å²) in [4.78, 5) is 12.4. The van der Waals surface area contributed by atoms with Gasteiger partial charge in [-0.05, 0) is 17.7 Å². The fraction of sp³-hybridized carbons (Fsp3) is 0.222. The van der Waals surface area contributed by atoms with Gasteiger partial charge in [0, 0.05) is 25.2 Å². The number of nitrogens with zero attached hydrogens (tertiary/aromatic N) is 2. The molecule has 1 aliphatic carbocycles. The number of aryl methyl sites for hydroxylation is 1. The summed E-state index contributed by atoms with van der Waals surface area (Å²) < 4.78 is 68.7. The van der Waals surface area contributed by atoms with Crippen molar-refractivity contribution in [1.82, 2.24) is 15.1 Å². The van der Waals surface area contributed by atoms with Gasteiger partial charge in [0.05, 0.1) is 5.56 Å². The second-order valence-corrected chi connectivity index (χ2v) is 6.04. The Morgan fingerprint density at radius 1 is 1.26 bits per heavy atom. The van der Waals surface area contributed by atoms with Gasteiger partial charge in [0.2, 0.25) is 5.79 Å². The quantitative estimate of drug-likeness (QED) is 0.643. The van der Waals surface area contributed by atoms with Crippen molar-refractivity contribution in [3.8, 4) is 0 Å². The molecule has 142 valence electrons. The molecule has 1 unspecified atom stereocenters. The number of rotatable bonds is 3. The highest BCUT2D eigenvalue weighted by Crippen LogP contribution is 2.36. The first-order chi connectivity index (χ1) is 12.6. The van der Waals surface area contributed by atoms with Crippen LogP contribution in [0.1, 0.15) is 28.0 Å². The highest BCUT2D eigenvalue weighted by atomic mass is 19.4. The monoisotopic (exact) mass is 383 g/mol. The molecule has 1 amide bonds. The summed E-state index contributed by atoms with van der Waals surface area (Å²) in [5, 5.41) is 5.27. The van der Waals surface area contributed by atoms with Gasteiger partial charge in [-0.25, -0.2) is 8.78 Å². The van der Waals surface area contributed by atoms with Crippen LogP contribution in [0.25, 0.3) is 5.57 Å². The SMILES string of the molecule is Cn1cc(C(=O)NC2(F)CC=CC=C2c2ccc(F)cc2)c(C(F)(F)F)n1. The van der Waals surface area contributed by atoms with E-state index in [-0.39, 0.29) is 12.0 Å². The fourth-order valence-corrected chi connectivity index (χ4v) is 2.82. The third-order valence-electron chi connectivity index (χ3n) is 4.03. The van der Waals surface area contributed by atoms with Gasteiger partial charge in [0.1, 0.15) is 5.82 Å². The van der Waals surface area contributed by atoms with Gasteiger partial charge in [-0.1, -0.05) is 30.4 Å². The summed E-state index contributed by atoms with van der Waals surface area (Å²) in [7, 11) is 1.23. The summed E-state index contributed by atoms with van der Waals surface area (Å²) >= 11 is 0. The van der Waals surface area contributed by atoms with Crippen molar-refractivity contribution in [1.29, 1.82) is 0 Å². The molecule has 2 aromatic rings. The van der Waals surface area contributed by atoms with E-state index in [1.165, 1.54) is 31.3 Å². The van der Waals surface area contributed by atoms with E-state index in [9.17, 15) is 22.4 Å². The average molecular weight is 383 g/mol. The lowest BCUT2D eigenvalue weighted by atomic mass is 9.90. The van der Waals surface area contributed by atoms with Gasteiger partial charge in [-0.15, -0.1) is 0 Å². The van der Waals surface area contributed by atoms with Crippen LogP contribution < -0.4 is 5.32 Å². The van der Waals surface area contributed by atoms with E-state index < -0.39 is 35.0 Å². The normalized spacial score (nSPS) is 19.7. The van der Waals surface area contributed by atoms with Gasteiger partial charge >= 0.3 is 6.18 Å². The highest BCUT2D eigenvalue weighted by Gasteiger charge is 2.42. The Hall–Kier alpha value is -2.97. The summed E-state index contributed by atoms with van der Waals surface area (Å²) in [6.45, 7) is 0. The van der Waals surface area contributed by atoms with Gasteiger partial charge in [0.15, 0.2) is 5.69 Å². The Morgan fingerprint density at radius 3 is 2.56 bits per heavy atom. The van der Waals surface area contributed by atoms with Crippen molar-refractivity contribution in [2.24, 2.45) is 7.05 Å². The average Bonchev–Trinajstić information content (AvgIpc) is 2.98. The lowest BCUT2D eigenvalue weighted by Gasteiger charge is -2.30. The molecule has 0 saturated carbocycles.